The van der Waals surface area contributed by atoms with Crippen LogP contribution in [0, 0.1) is 0 Å². The number of para-hydroxylation sites is 1. The number of carbonyl (C=O) groups is 3. The Morgan fingerprint density at radius 3 is 2.19 bits per heavy atom. The fourth-order valence-electron chi connectivity index (χ4n) is 2.91. The van der Waals surface area contributed by atoms with Gasteiger partial charge >= 0.3 is 26.5 Å². The quantitative estimate of drug-likeness (QED) is 0.361. The molecule has 0 fully saturated rings. The summed E-state index contributed by atoms with van der Waals surface area (Å²) in [4.78, 5) is 39.2. The predicted molar refractivity (Wildman–Crippen MR) is 119 cm³/mol. The third-order valence-corrected chi connectivity index (χ3v) is 7.77. The monoisotopic (exact) mass is 454 g/mol. The summed E-state index contributed by atoms with van der Waals surface area (Å²) in [5, 5.41) is 2.78. The Morgan fingerprint density at radius 1 is 1.03 bits per heavy atom. The molecule has 0 heterocycles. The zero-order chi connectivity index (χ0) is 23.3. The van der Waals surface area contributed by atoms with Gasteiger partial charge in [0.2, 0.25) is 0 Å². The summed E-state index contributed by atoms with van der Waals surface area (Å²) < 4.78 is 21.1. The van der Waals surface area contributed by atoms with E-state index in [0.29, 0.717) is 18.2 Å². The van der Waals surface area contributed by atoms with Crippen LogP contribution in [0.3, 0.4) is 0 Å². The maximum atomic E-state index is 13.1. The van der Waals surface area contributed by atoms with Crippen molar-refractivity contribution >= 4 is 32.2 Å². The lowest BCUT2D eigenvalue weighted by molar-refractivity contribution is -0.155. The van der Waals surface area contributed by atoms with Crippen LogP contribution in [0.2, 0.25) is 12.6 Å². The maximum absolute atomic E-state index is 13.1. The lowest BCUT2D eigenvalue weighted by Gasteiger charge is -2.31. The van der Waals surface area contributed by atoms with Gasteiger partial charge < -0.3 is 28.5 Å². The van der Waals surface area contributed by atoms with E-state index in [0.717, 1.165) is 0 Å². The number of amides is 2. The van der Waals surface area contributed by atoms with Crippen molar-refractivity contribution in [1.29, 1.82) is 0 Å². The first-order valence-corrected chi connectivity index (χ1v) is 12.9. The standard InChI is InChI=1S/C21H34N2O7Si/c1-6-29-19(24)16-18(20(25)30-7-2)23(14-11-15-31(5,27-3)28-4)21(26)22-17-12-9-8-10-13-17/h8-10,12-13,18H,6-7,11,14-16H2,1-5H3,(H,22,26). The minimum Gasteiger partial charge on any atom is -0.466 e. The van der Waals surface area contributed by atoms with Crippen molar-refractivity contribution in [1.82, 2.24) is 4.90 Å². The molecular weight excluding hydrogens is 420 g/mol. The first-order valence-electron chi connectivity index (χ1n) is 10.3. The van der Waals surface area contributed by atoms with Crippen LogP contribution in [0.5, 0.6) is 0 Å². The van der Waals surface area contributed by atoms with Gasteiger partial charge in [0.05, 0.1) is 19.6 Å². The number of urea groups is 1. The van der Waals surface area contributed by atoms with Crippen LogP contribution in [0.25, 0.3) is 0 Å². The number of nitrogens with one attached hydrogen (secondary N) is 1. The molecule has 1 rings (SSSR count). The molecule has 0 aliphatic rings. The summed E-state index contributed by atoms with van der Waals surface area (Å²) in [7, 11) is 0.829. The van der Waals surface area contributed by atoms with Crippen LogP contribution in [-0.4, -0.2) is 71.5 Å². The Labute approximate surface area is 185 Å². The van der Waals surface area contributed by atoms with E-state index >= 15 is 0 Å². The lowest BCUT2D eigenvalue weighted by atomic mass is 10.1. The van der Waals surface area contributed by atoms with Crippen LogP contribution >= 0.6 is 0 Å². The lowest BCUT2D eigenvalue weighted by Crippen LogP contribution is -2.50. The zero-order valence-electron chi connectivity index (χ0n) is 19.0. The van der Waals surface area contributed by atoms with E-state index in [4.69, 9.17) is 18.3 Å². The van der Waals surface area contributed by atoms with E-state index in [2.05, 4.69) is 5.32 Å². The summed E-state index contributed by atoms with van der Waals surface area (Å²) in [5.41, 5.74) is 0.573. The molecule has 0 bridgehead atoms. The fraction of sp³-hybridized carbons (Fsp3) is 0.571. The summed E-state index contributed by atoms with van der Waals surface area (Å²) >= 11 is 0. The van der Waals surface area contributed by atoms with Crippen molar-refractivity contribution in [2.24, 2.45) is 0 Å². The Kier molecular flexibility index (Phi) is 11.8. The van der Waals surface area contributed by atoms with Gasteiger partial charge in [-0.25, -0.2) is 9.59 Å². The normalized spacial score (nSPS) is 12.0. The van der Waals surface area contributed by atoms with Crippen LogP contribution in [0.15, 0.2) is 30.3 Å². The van der Waals surface area contributed by atoms with E-state index in [1.165, 1.54) is 4.90 Å². The van der Waals surface area contributed by atoms with E-state index in [9.17, 15) is 14.4 Å². The molecule has 0 radical (unpaired) electrons. The molecule has 1 atom stereocenters. The Balaban J connectivity index is 3.10. The molecule has 1 N–H and O–H groups in total. The number of hydrogen-bond acceptors (Lipinski definition) is 7. The highest BCUT2D eigenvalue weighted by Gasteiger charge is 2.35. The second kappa shape index (κ2) is 13.8. The summed E-state index contributed by atoms with van der Waals surface area (Å²) in [6, 6.07) is 7.86. The number of anilines is 1. The van der Waals surface area contributed by atoms with Crippen molar-refractivity contribution in [2.45, 2.75) is 45.3 Å². The van der Waals surface area contributed by atoms with Crippen molar-refractivity contribution in [2.75, 3.05) is 39.3 Å². The van der Waals surface area contributed by atoms with E-state index in [-0.39, 0.29) is 26.2 Å². The molecule has 9 nitrogen and oxygen atoms in total. The van der Waals surface area contributed by atoms with Crippen LogP contribution < -0.4 is 5.32 Å². The molecule has 0 saturated carbocycles. The molecular formula is C21H34N2O7Si. The molecule has 31 heavy (non-hydrogen) atoms. The topological polar surface area (TPSA) is 103 Å². The van der Waals surface area contributed by atoms with E-state index in [1.807, 2.05) is 12.6 Å². The van der Waals surface area contributed by atoms with Crippen molar-refractivity contribution < 1.29 is 32.7 Å². The molecule has 0 saturated heterocycles. The number of hydrogen-bond donors (Lipinski definition) is 1. The first-order chi connectivity index (χ1) is 14.8. The predicted octanol–water partition coefficient (Wildman–Crippen LogP) is 3.16. The summed E-state index contributed by atoms with van der Waals surface area (Å²) in [6.45, 7) is 5.78. The molecule has 0 spiro atoms. The Bertz CT molecular complexity index is 698. The Hall–Kier alpha value is -2.43. The highest BCUT2D eigenvalue weighted by molar-refractivity contribution is 6.65. The fourth-order valence-corrected chi connectivity index (χ4v) is 4.29. The Morgan fingerprint density at radius 2 is 1.65 bits per heavy atom. The maximum Gasteiger partial charge on any atom is 0.334 e. The van der Waals surface area contributed by atoms with Crippen molar-refractivity contribution in [3.63, 3.8) is 0 Å². The molecule has 1 unspecified atom stereocenters. The number of benzene rings is 1. The number of rotatable bonds is 13. The zero-order valence-corrected chi connectivity index (χ0v) is 20.0. The minimum atomic E-state index is -2.36. The second-order valence-corrected chi connectivity index (χ2v) is 10.5. The third-order valence-electron chi connectivity index (χ3n) is 4.78. The van der Waals surface area contributed by atoms with Gasteiger partial charge in [-0.2, -0.15) is 0 Å². The molecule has 1 aromatic carbocycles. The molecule has 2 amide bonds. The van der Waals surface area contributed by atoms with Gasteiger partial charge in [-0.05, 0) is 45.0 Å². The molecule has 0 aliphatic carbocycles. The molecule has 10 heteroatoms. The summed E-state index contributed by atoms with van der Waals surface area (Å²) in [6.07, 6.45) is 0.226. The third kappa shape index (κ3) is 9.07. The van der Waals surface area contributed by atoms with E-state index in [1.54, 1.807) is 52.3 Å². The number of carbonyl (C=O) groups excluding carboxylic acids is 3. The average Bonchev–Trinajstić information content (AvgIpc) is 2.76. The van der Waals surface area contributed by atoms with Gasteiger partial charge in [0.1, 0.15) is 6.04 Å². The molecule has 0 aromatic heterocycles. The molecule has 174 valence electrons. The first kappa shape index (κ1) is 26.6. The van der Waals surface area contributed by atoms with Crippen LogP contribution in [0.4, 0.5) is 10.5 Å². The van der Waals surface area contributed by atoms with Crippen molar-refractivity contribution in [3.8, 4) is 0 Å². The largest absolute Gasteiger partial charge is 0.466 e. The van der Waals surface area contributed by atoms with Gasteiger partial charge in [0.15, 0.2) is 0 Å². The smallest absolute Gasteiger partial charge is 0.334 e. The van der Waals surface area contributed by atoms with Gasteiger partial charge in [0.25, 0.3) is 0 Å². The van der Waals surface area contributed by atoms with Crippen molar-refractivity contribution in [3.05, 3.63) is 30.3 Å². The highest BCUT2D eigenvalue weighted by Crippen LogP contribution is 2.18. The van der Waals surface area contributed by atoms with Crippen LogP contribution in [-0.2, 0) is 27.9 Å². The number of ether oxygens (including phenoxy) is 2. The van der Waals surface area contributed by atoms with Gasteiger partial charge in [-0.1, -0.05) is 18.2 Å². The molecule has 1 aromatic rings. The second-order valence-electron chi connectivity index (χ2n) is 6.91. The van der Waals surface area contributed by atoms with Gasteiger partial charge in [0, 0.05) is 26.5 Å². The highest BCUT2D eigenvalue weighted by atomic mass is 28.4. The average molecular weight is 455 g/mol. The molecule has 0 aliphatic heterocycles. The van der Waals surface area contributed by atoms with Gasteiger partial charge in [-0.3, -0.25) is 4.79 Å². The summed E-state index contributed by atoms with van der Waals surface area (Å²) in [5.74, 6) is -1.23. The van der Waals surface area contributed by atoms with E-state index < -0.39 is 32.6 Å². The minimum absolute atomic E-state index is 0.130. The number of esters is 2. The SMILES string of the molecule is CCOC(=O)CC(C(=O)OCC)N(CCC[Si](C)(OC)OC)C(=O)Nc1ccccc1. The van der Waals surface area contributed by atoms with Gasteiger partial charge in [-0.15, -0.1) is 0 Å². The number of nitrogens with zero attached hydrogens (tertiary/aromatic N) is 1. The van der Waals surface area contributed by atoms with Crippen LogP contribution in [0.1, 0.15) is 26.7 Å².